The average Bonchev–Trinajstić information content (AvgIpc) is 2.72. The van der Waals surface area contributed by atoms with E-state index in [2.05, 4.69) is 6.58 Å². The molecule has 1 aliphatic heterocycles. The first-order valence-corrected chi connectivity index (χ1v) is 6.45. The number of aliphatic hydroxyl groups is 1. The standard InChI is InChI=1S/C15H18O3/c1-8-4-5-12-10(8)6-11-9(2)14(16)18-13(11)7-15(12,3)17/h7,10,12,17H,1,4-6H2,2-3H3/t10-,12-,15-/m0/s1. The molecule has 0 spiro atoms. The Labute approximate surface area is 107 Å². The lowest BCUT2D eigenvalue weighted by atomic mass is 9.80. The number of carbonyl (C=O) groups excluding carboxylic acids is 1. The molecule has 1 fully saturated rings. The minimum absolute atomic E-state index is 0.183. The van der Waals surface area contributed by atoms with Crippen molar-refractivity contribution in [1.29, 1.82) is 0 Å². The second-order valence-electron chi connectivity index (χ2n) is 5.84. The van der Waals surface area contributed by atoms with E-state index in [1.807, 2.05) is 0 Å². The maximum Gasteiger partial charge on any atom is 0.339 e. The van der Waals surface area contributed by atoms with Crippen LogP contribution in [0.3, 0.4) is 0 Å². The Morgan fingerprint density at radius 1 is 1.56 bits per heavy atom. The molecule has 2 aliphatic carbocycles. The Balaban J connectivity index is 2.11. The maximum absolute atomic E-state index is 11.6. The summed E-state index contributed by atoms with van der Waals surface area (Å²) in [5, 5.41) is 10.6. The molecule has 0 aromatic carbocycles. The van der Waals surface area contributed by atoms with Gasteiger partial charge >= 0.3 is 5.97 Å². The molecule has 0 aromatic rings. The summed E-state index contributed by atoms with van der Waals surface area (Å²) in [6.45, 7) is 7.72. The Kier molecular flexibility index (Phi) is 2.33. The Morgan fingerprint density at radius 3 is 3.00 bits per heavy atom. The van der Waals surface area contributed by atoms with Gasteiger partial charge in [0.25, 0.3) is 0 Å². The van der Waals surface area contributed by atoms with Crippen molar-refractivity contribution in [3.63, 3.8) is 0 Å². The van der Waals surface area contributed by atoms with Gasteiger partial charge in [-0.2, -0.15) is 0 Å². The molecule has 1 saturated carbocycles. The van der Waals surface area contributed by atoms with Gasteiger partial charge in [-0.1, -0.05) is 12.2 Å². The lowest BCUT2D eigenvalue weighted by molar-refractivity contribution is -0.133. The highest BCUT2D eigenvalue weighted by atomic mass is 16.5. The number of allylic oxidation sites excluding steroid dienone is 2. The monoisotopic (exact) mass is 246 g/mol. The van der Waals surface area contributed by atoms with E-state index in [0.717, 1.165) is 24.8 Å². The molecule has 0 amide bonds. The number of hydrogen-bond donors (Lipinski definition) is 1. The van der Waals surface area contributed by atoms with Gasteiger partial charge in [-0.15, -0.1) is 0 Å². The molecule has 3 rings (SSSR count). The fraction of sp³-hybridized carbons (Fsp3) is 0.533. The van der Waals surface area contributed by atoms with E-state index in [-0.39, 0.29) is 17.8 Å². The first-order chi connectivity index (χ1) is 8.40. The molecular formula is C15H18O3. The number of esters is 1. The van der Waals surface area contributed by atoms with E-state index in [9.17, 15) is 9.90 Å². The van der Waals surface area contributed by atoms with Gasteiger partial charge in [0.15, 0.2) is 0 Å². The van der Waals surface area contributed by atoms with Gasteiger partial charge in [0.1, 0.15) is 5.76 Å². The van der Waals surface area contributed by atoms with Gasteiger partial charge in [0, 0.05) is 11.1 Å². The van der Waals surface area contributed by atoms with Crippen molar-refractivity contribution in [3.8, 4) is 0 Å². The summed E-state index contributed by atoms with van der Waals surface area (Å²) in [5.74, 6) is 0.717. The summed E-state index contributed by atoms with van der Waals surface area (Å²) >= 11 is 0. The molecule has 0 radical (unpaired) electrons. The van der Waals surface area contributed by atoms with Crippen molar-refractivity contribution in [1.82, 2.24) is 0 Å². The van der Waals surface area contributed by atoms with Crippen molar-refractivity contribution in [2.75, 3.05) is 0 Å². The second kappa shape index (κ2) is 3.58. The normalized spacial score (nSPS) is 39.2. The van der Waals surface area contributed by atoms with Crippen LogP contribution in [0, 0.1) is 11.8 Å². The van der Waals surface area contributed by atoms with Crippen LogP contribution in [-0.2, 0) is 9.53 Å². The molecule has 0 saturated heterocycles. The van der Waals surface area contributed by atoms with Crippen molar-refractivity contribution in [2.45, 2.75) is 38.7 Å². The summed E-state index contributed by atoms with van der Waals surface area (Å²) in [5.41, 5.74) is 1.90. The van der Waals surface area contributed by atoms with Crippen LogP contribution in [0.25, 0.3) is 0 Å². The van der Waals surface area contributed by atoms with Crippen LogP contribution in [0.1, 0.15) is 33.1 Å². The number of fused-ring (bicyclic) bond motifs is 2. The van der Waals surface area contributed by atoms with Gasteiger partial charge in [-0.05, 0) is 51.0 Å². The van der Waals surface area contributed by atoms with Crippen molar-refractivity contribution in [3.05, 3.63) is 35.1 Å². The second-order valence-corrected chi connectivity index (χ2v) is 5.84. The third-order valence-corrected chi connectivity index (χ3v) is 4.64. The van der Waals surface area contributed by atoms with Crippen LogP contribution in [0.5, 0.6) is 0 Å². The first-order valence-electron chi connectivity index (χ1n) is 6.45. The SMILES string of the molecule is C=C1CC[C@H]2[C@H]1CC1=C(C)C(=O)OC1=C[C@]2(C)O. The van der Waals surface area contributed by atoms with E-state index in [0.29, 0.717) is 11.3 Å². The summed E-state index contributed by atoms with van der Waals surface area (Å²) in [6, 6.07) is 0. The molecule has 3 atom stereocenters. The Morgan fingerprint density at radius 2 is 2.28 bits per heavy atom. The number of rotatable bonds is 0. The lowest BCUT2D eigenvalue weighted by Crippen LogP contribution is -2.34. The number of hydrogen-bond acceptors (Lipinski definition) is 3. The fourth-order valence-corrected chi connectivity index (χ4v) is 3.51. The number of ether oxygens (including phenoxy) is 1. The van der Waals surface area contributed by atoms with Crippen LogP contribution in [0.2, 0.25) is 0 Å². The average molecular weight is 246 g/mol. The molecule has 0 aromatic heterocycles. The molecule has 3 nitrogen and oxygen atoms in total. The van der Waals surface area contributed by atoms with E-state index in [1.54, 1.807) is 19.9 Å². The van der Waals surface area contributed by atoms with E-state index < -0.39 is 5.60 Å². The third kappa shape index (κ3) is 1.50. The summed E-state index contributed by atoms with van der Waals surface area (Å²) < 4.78 is 5.25. The molecular weight excluding hydrogens is 228 g/mol. The number of carbonyl (C=O) groups is 1. The smallest absolute Gasteiger partial charge is 0.339 e. The molecule has 18 heavy (non-hydrogen) atoms. The summed E-state index contributed by atoms with van der Waals surface area (Å²) in [7, 11) is 0. The van der Waals surface area contributed by atoms with E-state index in [4.69, 9.17) is 4.74 Å². The predicted molar refractivity (Wildman–Crippen MR) is 67.5 cm³/mol. The molecule has 1 heterocycles. The largest absolute Gasteiger partial charge is 0.423 e. The molecule has 96 valence electrons. The van der Waals surface area contributed by atoms with E-state index in [1.165, 1.54) is 5.57 Å². The predicted octanol–water partition coefficient (Wildman–Crippen LogP) is 2.48. The van der Waals surface area contributed by atoms with Crippen LogP contribution in [0.15, 0.2) is 35.1 Å². The van der Waals surface area contributed by atoms with Crippen LogP contribution in [0.4, 0.5) is 0 Å². The van der Waals surface area contributed by atoms with Gasteiger partial charge in [0.2, 0.25) is 0 Å². The highest BCUT2D eigenvalue weighted by Gasteiger charge is 2.46. The summed E-state index contributed by atoms with van der Waals surface area (Å²) in [6.07, 6.45) is 4.42. The molecule has 3 aliphatic rings. The highest BCUT2D eigenvalue weighted by Crippen LogP contribution is 2.50. The van der Waals surface area contributed by atoms with Gasteiger partial charge in [-0.3, -0.25) is 0 Å². The van der Waals surface area contributed by atoms with Crippen LogP contribution >= 0.6 is 0 Å². The van der Waals surface area contributed by atoms with Crippen LogP contribution in [-0.4, -0.2) is 16.7 Å². The fourth-order valence-electron chi connectivity index (χ4n) is 3.51. The topological polar surface area (TPSA) is 46.5 Å². The molecule has 3 heteroatoms. The maximum atomic E-state index is 11.6. The Bertz CT molecular complexity index is 508. The quantitative estimate of drug-likeness (QED) is 0.527. The Hall–Kier alpha value is -1.35. The molecule has 0 unspecified atom stereocenters. The lowest BCUT2D eigenvalue weighted by Gasteiger charge is -2.30. The third-order valence-electron chi connectivity index (χ3n) is 4.64. The van der Waals surface area contributed by atoms with Gasteiger partial charge < -0.3 is 9.84 Å². The molecule has 0 bridgehead atoms. The van der Waals surface area contributed by atoms with E-state index >= 15 is 0 Å². The van der Waals surface area contributed by atoms with Crippen LogP contribution < -0.4 is 0 Å². The van der Waals surface area contributed by atoms with Crippen molar-refractivity contribution >= 4 is 5.97 Å². The van der Waals surface area contributed by atoms with Crippen molar-refractivity contribution in [2.24, 2.45) is 11.8 Å². The zero-order valence-corrected chi connectivity index (χ0v) is 10.8. The highest BCUT2D eigenvalue weighted by molar-refractivity contribution is 5.94. The van der Waals surface area contributed by atoms with Gasteiger partial charge in [0.05, 0.1) is 5.60 Å². The summed E-state index contributed by atoms with van der Waals surface area (Å²) in [4.78, 5) is 11.6. The minimum atomic E-state index is -0.925. The van der Waals surface area contributed by atoms with Gasteiger partial charge in [-0.25, -0.2) is 4.79 Å². The zero-order valence-electron chi connectivity index (χ0n) is 10.8. The van der Waals surface area contributed by atoms with Crippen molar-refractivity contribution < 1.29 is 14.6 Å². The minimum Gasteiger partial charge on any atom is -0.423 e. The first kappa shape index (κ1) is 11.7. The zero-order chi connectivity index (χ0) is 13.1. The molecule has 1 N–H and O–H groups in total.